The lowest BCUT2D eigenvalue weighted by atomic mass is 10.1. The van der Waals surface area contributed by atoms with Gasteiger partial charge in [-0.3, -0.25) is 4.79 Å². The van der Waals surface area contributed by atoms with Crippen LogP contribution < -0.4 is 10.6 Å². The molecule has 10 nitrogen and oxygen atoms in total. The molecule has 0 aliphatic carbocycles. The number of benzene rings is 1. The predicted molar refractivity (Wildman–Crippen MR) is 130 cm³/mol. The average Bonchev–Trinajstić information content (AvgIpc) is 3.47. The van der Waals surface area contributed by atoms with Crippen molar-refractivity contribution in [1.29, 1.82) is 0 Å². The summed E-state index contributed by atoms with van der Waals surface area (Å²) in [7, 11) is 0. The first-order valence-corrected chi connectivity index (χ1v) is 11.7. The molecular formula is C23H26ClN9O. The Hall–Kier alpha value is -3.50. The second-order valence-electron chi connectivity index (χ2n) is 8.40. The Morgan fingerprint density at radius 1 is 1.24 bits per heavy atom. The van der Waals surface area contributed by atoms with Gasteiger partial charge < -0.3 is 25.5 Å². The SMILES string of the molecule is Cc1nnc(CNCC(=O)N2CCC(Nc3ncc(Cl)c(-c4c[nH]c5ccccc45)n3)CC2)[nH]1. The summed E-state index contributed by atoms with van der Waals surface area (Å²) in [5.74, 6) is 2.11. The number of aromatic nitrogens is 6. The van der Waals surface area contributed by atoms with E-state index in [9.17, 15) is 4.79 Å². The van der Waals surface area contributed by atoms with Crippen LogP contribution in [0.1, 0.15) is 24.5 Å². The highest BCUT2D eigenvalue weighted by molar-refractivity contribution is 6.33. The van der Waals surface area contributed by atoms with Crippen LogP contribution in [0.25, 0.3) is 22.2 Å². The second kappa shape index (κ2) is 9.78. The van der Waals surface area contributed by atoms with Crippen LogP contribution in [-0.2, 0) is 11.3 Å². The molecule has 1 aliphatic heterocycles. The van der Waals surface area contributed by atoms with Crippen LogP contribution in [0.2, 0.25) is 5.02 Å². The Balaban J connectivity index is 1.16. The van der Waals surface area contributed by atoms with Crippen molar-refractivity contribution >= 4 is 34.4 Å². The highest BCUT2D eigenvalue weighted by Crippen LogP contribution is 2.32. The van der Waals surface area contributed by atoms with Crippen LogP contribution in [0.3, 0.4) is 0 Å². The molecule has 0 radical (unpaired) electrons. The first-order valence-electron chi connectivity index (χ1n) is 11.3. The zero-order valence-corrected chi connectivity index (χ0v) is 19.6. The van der Waals surface area contributed by atoms with Crippen LogP contribution in [0.5, 0.6) is 0 Å². The van der Waals surface area contributed by atoms with Gasteiger partial charge in [-0.2, -0.15) is 0 Å². The Kier molecular flexibility index (Phi) is 6.41. The fraction of sp³-hybridized carbons (Fsp3) is 0.348. The van der Waals surface area contributed by atoms with Crippen LogP contribution in [0, 0.1) is 6.92 Å². The van der Waals surface area contributed by atoms with Crippen molar-refractivity contribution in [3.63, 3.8) is 0 Å². The number of carbonyl (C=O) groups is 1. The summed E-state index contributed by atoms with van der Waals surface area (Å²) in [4.78, 5) is 29.8. The summed E-state index contributed by atoms with van der Waals surface area (Å²) < 4.78 is 0. The number of fused-ring (bicyclic) bond motifs is 1. The maximum absolute atomic E-state index is 12.5. The topological polar surface area (TPSA) is 128 Å². The monoisotopic (exact) mass is 479 g/mol. The second-order valence-corrected chi connectivity index (χ2v) is 8.81. The number of para-hydroxylation sites is 1. The molecule has 11 heteroatoms. The van der Waals surface area contributed by atoms with Gasteiger partial charge in [-0.15, -0.1) is 10.2 Å². The predicted octanol–water partition coefficient (Wildman–Crippen LogP) is 2.90. The number of piperidine rings is 1. The van der Waals surface area contributed by atoms with Gasteiger partial charge in [0.2, 0.25) is 11.9 Å². The summed E-state index contributed by atoms with van der Waals surface area (Å²) in [6.45, 7) is 3.96. The molecule has 1 fully saturated rings. The number of anilines is 1. The molecule has 0 bridgehead atoms. The molecular weight excluding hydrogens is 454 g/mol. The summed E-state index contributed by atoms with van der Waals surface area (Å²) in [6.07, 6.45) is 5.20. The van der Waals surface area contributed by atoms with E-state index >= 15 is 0 Å². The number of nitrogens with zero attached hydrogens (tertiary/aromatic N) is 5. The first-order chi connectivity index (χ1) is 16.6. The molecule has 5 rings (SSSR count). The van der Waals surface area contributed by atoms with Crippen molar-refractivity contribution < 1.29 is 4.79 Å². The Labute approximate surface area is 201 Å². The van der Waals surface area contributed by atoms with Crippen molar-refractivity contribution in [3.05, 3.63) is 53.3 Å². The quantitative estimate of drug-likeness (QED) is 0.321. The van der Waals surface area contributed by atoms with Gasteiger partial charge in [0, 0.05) is 41.8 Å². The highest BCUT2D eigenvalue weighted by atomic mass is 35.5. The van der Waals surface area contributed by atoms with E-state index in [0.717, 1.165) is 41.0 Å². The van der Waals surface area contributed by atoms with Gasteiger partial charge in [0.25, 0.3) is 0 Å². The van der Waals surface area contributed by atoms with Gasteiger partial charge in [0.15, 0.2) is 0 Å². The van der Waals surface area contributed by atoms with Crippen molar-refractivity contribution in [2.75, 3.05) is 25.0 Å². The van der Waals surface area contributed by atoms with E-state index in [1.54, 1.807) is 6.20 Å². The lowest BCUT2D eigenvalue weighted by Crippen LogP contribution is -2.45. The third-order valence-electron chi connectivity index (χ3n) is 5.98. The molecule has 1 aromatic carbocycles. The number of halogens is 1. The maximum Gasteiger partial charge on any atom is 0.236 e. The molecule has 1 aliphatic rings. The van der Waals surface area contributed by atoms with E-state index in [4.69, 9.17) is 16.6 Å². The number of aryl methyl sites for hydroxylation is 1. The molecule has 0 spiro atoms. The molecule has 3 aromatic heterocycles. The number of likely N-dealkylation sites (tertiary alicyclic amines) is 1. The third kappa shape index (κ3) is 4.87. The molecule has 0 atom stereocenters. The Morgan fingerprint density at radius 3 is 2.85 bits per heavy atom. The number of hydrogen-bond acceptors (Lipinski definition) is 7. The van der Waals surface area contributed by atoms with Crippen molar-refractivity contribution in [2.45, 2.75) is 32.4 Å². The lowest BCUT2D eigenvalue weighted by molar-refractivity contribution is -0.131. The van der Waals surface area contributed by atoms with Gasteiger partial charge >= 0.3 is 0 Å². The maximum atomic E-state index is 12.5. The number of aromatic amines is 2. The largest absolute Gasteiger partial charge is 0.360 e. The van der Waals surface area contributed by atoms with Gasteiger partial charge in [-0.25, -0.2) is 9.97 Å². The molecule has 0 saturated carbocycles. The van der Waals surface area contributed by atoms with Crippen molar-refractivity contribution in [3.8, 4) is 11.3 Å². The van der Waals surface area contributed by atoms with E-state index in [1.807, 2.05) is 42.3 Å². The minimum atomic E-state index is 0.0825. The zero-order valence-electron chi connectivity index (χ0n) is 18.8. The number of nitrogens with one attached hydrogen (secondary N) is 4. The summed E-state index contributed by atoms with van der Waals surface area (Å²) in [6, 6.07) is 8.23. The van der Waals surface area contributed by atoms with E-state index in [-0.39, 0.29) is 18.5 Å². The minimum absolute atomic E-state index is 0.0825. The normalized spacial score (nSPS) is 14.6. The molecule has 1 saturated heterocycles. The molecule has 4 N–H and O–H groups in total. The fourth-order valence-electron chi connectivity index (χ4n) is 4.22. The fourth-order valence-corrected chi connectivity index (χ4v) is 4.42. The molecule has 176 valence electrons. The Morgan fingerprint density at radius 2 is 2.06 bits per heavy atom. The van der Waals surface area contributed by atoms with E-state index in [0.29, 0.717) is 36.3 Å². The third-order valence-corrected chi connectivity index (χ3v) is 6.26. The van der Waals surface area contributed by atoms with Crippen LogP contribution >= 0.6 is 11.6 Å². The van der Waals surface area contributed by atoms with Crippen molar-refractivity contribution in [2.24, 2.45) is 0 Å². The number of carbonyl (C=O) groups excluding carboxylic acids is 1. The summed E-state index contributed by atoms with van der Waals surface area (Å²) in [5, 5.41) is 16.0. The summed E-state index contributed by atoms with van der Waals surface area (Å²) >= 11 is 6.44. The van der Waals surface area contributed by atoms with E-state index in [2.05, 4.69) is 35.8 Å². The average molecular weight is 480 g/mol. The van der Waals surface area contributed by atoms with Crippen LogP contribution in [0.4, 0.5) is 5.95 Å². The lowest BCUT2D eigenvalue weighted by Gasteiger charge is -2.32. The van der Waals surface area contributed by atoms with Crippen LogP contribution in [-0.4, -0.2) is 66.6 Å². The molecule has 4 heterocycles. The Bertz CT molecular complexity index is 1290. The highest BCUT2D eigenvalue weighted by Gasteiger charge is 2.23. The molecule has 0 unspecified atom stereocenters. The van der Waals surface area contributed by atoms with Gasteiger partial charge in [0.05, 0.1) is 30.0 Å². The van der Waals surface area contributed by atoms with Gasteiger partial charge in [0.1, 0.15) is 11.6 Å². The number of hydrogen-bond donors (Lipinski definition) is 4. The number of H-pyrrole nitrogens is 2. The number of amides is 1. The van der Waals surface area contributed by atoms with Gasteiger partial charge in [-0.1, -0.05) is 29.8 Å². The van der Waals surface area contributed by atoms with Gasteiger partial charge in [-0.05, 0) is 25.8 Å². The minimum Gasteiger partial charge on any atom is -0.360 e. The number of rotatable bonds is 7. The van der Waals surface area contributed by atoms with E-state index in [1.165, 1.54) is 0 Å². The zero-order chi connectivity index (χ0) is 23.5. The molecule has 1 amide bonds. The summed E-state index contributed by atoms with van der Waals surface area (Å²) in [5.41, 5.74) is 2.67. The van der Waals surface area contributed by atoms with Crippen molar-refractivity contribution in [1.82, 2.24) is 40.3 Å². The van der Waals surface area contributed by atoms with Crippen LogP contribution in [0.15, 0.2) is 36.7 Å². The standard InChI is InChI=1S/C23H26ClN9O/c1-14-28-20(32-31-14)12-25-13-21(34)33-8-6-15(7-9-33)29-23-27-11-18(24)22(30-23)17-10-26-19-5-3-2-4-16(17)19/h2-5,10-11,15,25-26H,6-9,12-13H2,1H3,(H,27,29,30)(H,28,31,32). The molecule has 34 heavy (non-hydrogen) atoms. The smallest absolute Gasteiger partial charge is 0.236 e. The molecule has 4 aromatic rings. The first kappa shape index (κ1) is 22.3. The van der Waals surface area contributed by atoms with E-state index < -0.39 is 0 Å².